The average Bonchev–Trinajstić information content (AvgIpc) is 2.26. The van der Waals surface area contributed by atoms with Gasteiger partial charge in [-0.25, -0.2) is 0 Å². The molecule has 0 saturated heterocycles. The molecule has 0 amide bonds. The molecular weight excluding hydrogens is 202 g/mol. The fraction of sp³-hybridized carbons (Fsp3) is 0.538. The third-order valence-electron chi connectivity index (χ3n) is 2.28. The number of nitrogens with two attached hydrogens (primary N) is 1. The highest BCUT2D eigenvalue weighted by molar-refractivity contribution is 5.27. The zero-order chi connectivity index (χ0) is 11.8. The minimum atomic E-state index is 0.0600. The van der Waals surface area contributed by atoms with Crippen LogP contribution >= 0.6 is 0 Å². The summed E-state index contributed by atoms with van der Waals surface area (Å²) in [6.07, 6.45) is 0.813. The van der Waals surface area contributed by atoms with Crippen molar-refractivity contribution in [1.82, 2.24) is 0 Å². The number of hydrogen-bond acceptors (Lipinski definition) is 3. The van der Waals surface area contributed by atoms with Crippen LogP contribution in [-0.2, 0) is 4.74 Å². The highest BCUT2D eigenvalue weighted by atomic mass is 16.5. The Morgan fingerprint density at radius 2 is 2.19 bits per heavy atom. The summed E-state index contributed by atoms with van der Waals surface area (Å²) in [5, 5.41) is 0. The molecule has 1 aromatic rings. The van der Waals surface area contributed by atoms with Crippen LogP contribution in [0.5, 0.6) is 5.75 Å². The lowest BCUT2D eigenvalue weighted by Crippen LogP contribution is -2.28. The highest BCUT2D eigenvalue weighted by Gasteiger charge is 2.02. The summed E-state index contributed by atoms with van der Waals surface area (Å²) in [6, 6.07) is 8.08. The Hall–Kier alpha value is -1.06. The van der Waals surface area contributed by atoms with Crippen molar-refractivity contribution in [2.75, 3.05) is 19.8 Å². The summed E-state index contributed by atoms with van der Waals surface area (Å²) in [4.78, 5) is 0. The Morgan fingerprint density at radius 3 is 2.88 bits per heavy atom. The van der Waals surface area contributed by atoms with Crippen molar-refractivity contribution < 1.29 is 9.47 Å². The predicted octanol–water partition coefficient (Wildman–Crippen LogP) is 2.13. The molecule has 1 aromatic carbocycles. The van der Waals surface area contributed by atoms with Gasteiger partial charge in [-0.3, -0.25) is 0 Å². The van der Waals surface area contributed by atoms with E-state index in [1.54, 1.807) is 0 Å². The monoisotopic (exact) mass is 223 g/mol. The molecule has 2 N–H and O–H groups in total. The number of hydrogen-bond donors (Lipinski definition) is 1. The number of aryl methyl sites for hydroxylation is 1. The van der Waals surface area contributed by atoms with Crippen LogP contribution < -0.4 is 10.5 Å². The summed E-state index contributed by atoms with van der Waals surface area (Å²) >= 11 is 0. The van der Waals surface area contributed by atoms with E-state index in [2.05, 4.69) is 0 Å². The maximum atomic E-state index is 5.85. The average molecular weight is 223 g/mol. The Morgan fingerprint density at radius 1 is 1.38 bits per heavy atom. The second-order valence-corrected chi connectivity index (χ2v) is 3.87. The molecule has 0 aliphatic rings. The van der Waals surface area contributed by atoms with Crippen LogP contribution in [0.15, 0.2) is 24.3 Å². The molecular formula is C13H21NO2. The van der Waals surface area contributed by atoms with Crippen molar-refractivity contribution in [1.29, 1.82) is 0 Å². The van der Waals surface area contributed by atoms with E-state index < -0.39 is 0 Å². The van der Waals surface area contributed by atoms with Crippen LogP contribution in [0.4, 0.5) is 0 Å². The van der Waals surface area contributed by atoms with E-state index in [4.69, 9.17) is 15.2 Å². The topological polar surface area (TPSA) is 44.5 Å². The van der Waals surface area contributed by atoms with Crippen LogP contribution in [-0.4, -0.2) is 25.9 Å². The first-order valence-electron chi connectivity index (χ1n) is 5.75. The fourth-order valence-electron chi connectivity index (χ4n) is 1.39. The molecule has 1 unspecified atom stereocenters. The van der Waals surface area contributed by atoms with Gasteiger partial charge in [0.05, 0.1) is 13.2 Å². The van der Waals surface area contributed by atoms with Gasteiger partial charge in [0.15, 0.2) is 0 Å². The van der Waals surface area contributed by atoms with Crippen molar-refractivity contribution in [3.8, 4) is 5.75 Å². The van der Waals surface area contributed by atoms with Crippen LogP contribution in [0.2, 0.25) is 0 Å². The first kappa shape index (κ1) is 13.0. The second kappa shape index (κ2) is 7.25. The predicted molar refractivity (Wildman–Crippen MR) is 65.8 cm³/mol. The third-order valence-corrected chi connectivity index (χ3v) is 2.28. The smallest absolute Gasteiger partial charge is 0.119 e. The van der Waals surface area contributed by atoms with Crippen molar-refractivity contribution in [3.63, 3.8) is 0 Å². The van der Waals surface area contributed by atoms with E-state index in [0.29, 0.717) is 19.8 Å². The molecule has 90 valence electrons. The van der Waals surface area contributed by atoms with E-state index in [-0.39, 0.29) is 6.04 Å². The normalized spacial score (nSPS) is 12.4. The molecule has 0 bridgehead atoms. The molecule has 0 saturated carbocycles. The van der Waals surface area contributed by atoms with Gasteiger partial charge in [0.2, 0.25) is 0 Å². The third kappa shape index (κ3) is 5.14. The van der Waals surface area contributed by atoms with Gasteiger partial charge >= 0.3 is 0 Å². The van der Waals surface area contributed by atoms with Gasteiger partial charge in [-0.1, -0.05) is 12.1 Å². The molecule has 0 radical (unpaired) electrons. The summed E-state index contributed by atoms with van der Waals surface area (Å²) in [6.45, 7) is 5.97. The second-order valence-electron chi connectivity index (χ2n) is 3.87. The van der Waals surface area contributed by atoms with E-state index in [1.165, 1.54) is 5.56 Å². The molecule has 0 aliphatic carbocycles. The zero-order valence-electron chi connectivity index (χ0n) is 10.1. The van der Waals surface area contributed by atoms with Crippen molar-refractivity contribution in [2.24, 2.45) is 5.73 Å². The molecule has 3 heteroatoms. The molecule has 3 nitrogen and oxygen atoms in total. The van der Waals surface area contributed by atoms with Gasteiger partial charge in [0.1, 0.15) is 5.75 Å². The van der Waals surface area contributed by atoms with Gasteiger partial charge in [-0.2, -0.15) is 0 Å². The van der Waals surface area contributed by atoms with E-state index >= 15 is 0 Å². The van der Waals surface area contributed by atoms with Gasteiger partial charge < -0.3 is 15.2 Å². The SMILES string of the molecule is CCOCC(N)CCOc1cccc(C)c1. The Labute approximate surface area is 97.6 Å². The first-order chi connectivity index (χ1) is 7.72. The molecule has 0 aromatic heterocycles. The van der Waals surface area contributed by atoms with Crippen LogP contribution in [0.3, 0.4) is 0 Å². The zero-order valence-corrected chi connectivity index (χ0v) is 10.1. The van der Waals surface area contributed by atoms with Gasteiger partial charge in [0, 0.05) is 12.6 Å². The standard InChI is InChI=1S/C13H21NO2/c1-3-15-10-12(14)7-8-16-13-6-4-5-11(2)9-13/h4-6,9,12H,3,7-8,10,14H2,1-2H3. The molecule has 1 atom stereocenters. The summed E-state index contributed by atoms with van der Waals surface area (Å²) < 4.78 is 10.8. The molecule has 0 heterocycles. The Balaban J connectivity index is 2.20. The van der Waals surface area contributed by atoms with Crippen LogP contribution in [0.1, 0.15) is 18.9 Å². The maximum Gasteiger partial charge on any atom is 0.119 e. The quantitative estimate of drug-likeness (QED) is 0.770. The molecule has 1 rings (SSSR count). The Kier molecular flexibility index (Phi) is 5.90. The molecule has 0 fully saturated rings. The lowest BCUT2D eigenvalue weighted by atomic mass is 10.2. The van der Waals surface area contributed by atoms with E-state index in [1.807, 2.05) is 38.1 Å². The molecule has 16 heavy (non-hydrogen) atoms. The van der Waals surface area contributed by atoms with Gasteiger partial charge in [0.25, 0.3) is 0 Å². The van der Waals surface area contributed by atoms with E-state index in [0.717, 1.165) is 12.2 Å². The summed E-state index contributed by atoms with van der Waals surface area (Å²) in [7, 11) is 0. The molecule has 0 aliphatic heterocycles. The minimum Gasteiger partial charge on any atom is -0.494 e. The molecule has 0 spiro atoms. The maximum absolute atomic E-state index is 5.85. The minimum absolute atomic E-state index is 0.0600. The number of ether oxygens (including phenoxy) is 2. The lowest BCUT2D eigenvalue weighted by Gasteiger charge is -2.12. The Bertz CT molecular complexity index is 302. The number of rotatable bonds is 7. The van der Waals surface area contributed by atoms with Gasteiger partial charge in [-0.15, -0.1) is 0 Å². The van der Waals surface area contributed by atoms with Crippen LogP contribution in [0, 0.1) is 6.92 Å². The van der Waals surface area contributed by atoms with Crippen molar-refractivity contribution >= 4 is 0 Å². The highest BCUT2D eigenvalue weighted by Crippen LogP contribution is 2.12. The summed E-state index contributed by atoms with van der Waals surface area (Å²) in [5.74, 6) is 0.906. The van der Waals surface area contributed by atoms with Gasteiger partial charge in [-0.05, 0) is 38.0 Å². The van der Waals surface area contributed by atoms with E-state index in [9.17, 15) is 0 Å². The van der Waals surface area contributed by atoms with Crippen molar-refractivity contribution in [3.05, 3.63) is 29.8 Å². The van der Waals surface area contributed by atoms with Crippen molar-refractivity contribution in [2.45, 2.75) is 26.3 Å². The number of benzene rings is 1. The fourth-order valence-corrected chi connectivity index (χ4v) is 1.39. The largest absolute Gasteiger partial charge is 0.494 e. The van der Waals surface area contributed by atoms with Crippen LogP contribution in [0.25, 0.3) is 0 Å². The first-order valence-corrected chi connectivity index (χ1v) is 5.75. The summed E-state index contributed by atoms with van der Waals surface area (Å²) in [5.41, 5.74) is 7.05. The lowest BCUT2D eigenvalue weighted by molar-refractivity contribution is 0.125.